The Balaban J connectivity index is 2.71. The fourth-order valence-corrected chi connectivity index (χ4v) is 0.131. The summed E-state index contributed by atoms with van der Waals surface area (Å²) in [6.07, 6.45) is 0.832. The van der Waals surface area contributed by atoms with Gasteiger partial charge in [-0.05, 0) is 0 Å². The van der Waals surface area contributed by atoms with Crippen LogP contribution in [-0.4, -0.2) is 12.8 Å². The molecule has 0 aromatic rings. The third kappa shape index (κ3) is 4.86. The van der Waals surface area contributed by atoms with E-state index in [0.717, 1.165) is 0 Å². The first kappa shape index (κ1) is 6.86. The monoisotopic (exact) mass is 118 g/mol. The highest BCUT2D eigenvalue weighted by Crippen LogP contribution is 1.23. The average molecular weight is 118 g/mol. The van der Waals surface area contributed by atoms with Gasteiger partial charge >= 0.3 is 0 Å². The average Bonchev–Trinajstić information content (AvgIpc) is 1.81. The van der Waals surface area contributed by atoms with Gasteiger partial charge in [-0.25, -0.2) is 0 Å². The molecule has 0 aliphatic heterocycles. The van der Waals surface area contributed by atoms with E-state index in [4.69, 9.17) is 0 Å². The van der Waals surface area contributed by atoms with Crippen molar-refractivity contribution in [3.05, 3.63) is 0 Å². The fourth-order valence-electron chi connectivity index (χ4n) is 0.131. The molecule has 0 bridgehead atoms. The molecule has 46 valence electrons. The molecule has 0 rings (SSSR count). The SMILES string of the molecule is O=CNNNNC=O. The third-order valence-corrected chi connectivity index (χ3v) is 0.325. The summed E-state index contributed by atoms with van der Waals surface area (Å²) in [6.45, 7) is 0. The minimum atomic E-state index is 0.416. The van der Waals surface area contributed by atoms with Gasteiger partial charge in [-0.3, -0.25) is 20.4 Å². The van der Waals surface area contributed by atoms with Crippen LogP contribution in [0.3, 0.4) is 0 Å². The number of hydrogen-bond acceptors (Lipinski definition) is 4. The van der Waals surface area contributed by atoms with Crippen molar-refractivity contribution in [2.24, 2.45) is 0 Å². The Hall–Kier alpha value is -1.14. The lowest BCUT2D eigenvalue weighted by Crippen LogP contribution is -2.49. The maximum atomic E-state index is 9.44. The molecule has 2 amide bonds. The van der Waals surface area contributed by atoms with Crippen molar-refractivity contribution >= 4 is 12.8 Å². The zero-order valence-electron chi connectivity index (χ0n) is 3.97. The van der Waals surface area contributed by atoms with Crippen LogP contribution < -0.4 is 21.9 Å². The van der Waals surface area contributed by atoms with Gasteiger partial charge in [0, 0.05) is 0 Å². The predicted molar refractivity (Wildman–Crippen MR) is 24.7 cm³/mol. The van der Waals surface area contributed by atoms with Crippen LogP contribution >= 0.6 is 0 Å². The lowest BCUT2D eigenvalue weighted by Gasteiger charge is -1.99. The van der Waals surface area contributed by atoms with Crippen molar-refractivity contribution in [2.75, 3.05) is 0 Å². The lowest BCUT2D eigenvalue weighted by atomic mass is 11.4. The number of hydrazine groups is 3. The van der Waals surface area contributed by atoms with Crippen LogP contribution in [0, 0.1) is 0 Å². The number of hydrogen-bond donors (Lipinski definition) is 4. The molecule has 6 nitrogen and oxygen atoms in total. The summed E-state index contributed by atoms with van der Waals surface area (Å²) in [5.74, 6) is 0. The summed E-state index contributed by atoms with van der Waals surface area (Å²) >= 11 is 0. The van der Waals surface area contributed by atoms with Gasteiger partial charge in [0.2, 0.25) is 12.8 Å². The molecule has 6 heteroatoms. The van der Waals surface area contributed by atoms with Gasteiger partial charge in [0.1, 0.15) is 0 Å². The predicted octanol–water partition coefficient (Wildman–Crippen LogP) is -2.60. The quantitative estimate of drug-likeness (QED) is 0.181. The van der Waals surface area contributed by atoms with E-state index < -0.39 is 0 Å². The summed E-state index contributed by atoms with van der Waals surface area (Å²) in [7, 11) is 0. The largest absolute Gasteiger partial charge is 0.279 e. The van der Waals surface area contributed by atoms with Crippen LogP contribution in [0.15, 0.2) is 0 Å². The van der Waals surface area contributed by atoms with Crippen LogP contribution in [0.4, 0.5) is 0 Å². The Bertz CT molecular complexity index is 64.4. The Morgan fingerprint density at radius 2 is 1.25 bits per heavy atom. The fraction of sp³-hybridized carbons (Fsp3) is 0. The van der Waals surface area contributed by atoms with E-state index in [1.807, 2.05) is 10.9 Å². The van der Waals surface area contributed by atoms with E-state index in [9.17, 15) is 9.59 Å². The van der Waals surface area contributed by atoms with Gasteiger partial charge in [0.25, 0.3) is 0 Å². The van der Waals surface area contributed by atoms with Gasteiger partial charge in [0.05, 0.1) is 0 Å². The van der Waals surface area contributed by atoms with Gasteiger partial charge < -0.3 is 0 Å². The van der Waals surface area contributed by atoms with Gasteiger partial charge in [-0.2, -0.15) is 11.1 Å². The van der Waals surface area contributed by atoms with E-state index in [0.29, 0.717) is 12.8 Å². The molecule has 4 N–H and O–H groups in total. The lowest BCUT2D eigenvalue weighted by molar-refractivity contribution is -0.113. The highest BCUT2D eigenvalue weighted by molar-refractivity contribution is 5.45. The normalized spacial score (nSPS) is 7.50. The summed E-state index contributed by atoms with van der Waals surface area (Å²) in [4.78, 5) is 18.9. The molecular formula is C2H6N4O2. The standard InChI is InChI=1S/C2H6N4O2/c7-1-3-5-6-4-2-8/h1-2,5-6H,(H,3,7)(H,4,8). The molecule has 0 saturated carbocycles. The second-order valence-corrected chi connectivity index (χ2v) is 0.774. The first-order valence-electron chi connectivity index (χ1n) is 1.80. The number of carbonyl (C=O) groups is 2. The first-order valence-corrected chi connectivity index (χ1v) is 1.80. The highest BCUT2D eigenvalue weighted by Gasteiger charge is 1.71. The minimum absolute atomic E-state index is 0.416. The van der Waals surface area contributed by atoms with Crippen LogP contribution in [0.5, 0.6) is 0 Å². The molecule has 0 fully saturated rings. The Labute approximate surface area is 45.5 Å². The van der Waals surface area contributed by atoms with Gasteiger partial charge in [-0.1, -0.05) is 0 Å². The third-order valence-electron chi connectivity index (χ3n) is 0.325. The van der Waals surface area contributed by atoms with E-state index in [1.165, 1.54) is 0 Å². The number of rotatable bonds is 5. The molecule has 0 aromatic carbocycles. The van der Waals surface area contributed by atoms with Crippen LogP contribution in [0.1, 0.15) is 0 Å². The second kappa shape index (κ2) is 5.86. The van der Waals surface area contributed by atoms with Crippen molar-refractivity contribution < 1.29 is 9.59 Å². The van der Waals surface area contributed by atoms with Crippen molar-refractivity contribution in [1.29, 1.82) is 0 Å². The highest BCUT2D eigenvalue weighted by atomic mass is 16.2. The summed E-state index contributed by atoms with van der Waals surface area (Å²) in [5.41, 5.74) is 8.29. The molecule has 0 heterocycles. The molecule has 0 aromatic heterocycles. The molecule has 0 unspecified atom stereocenters. The van der Waals surface area contributed by atoms with Crippen LogP contribution in [0.2, 0.25) is 0 Å². The zero-order chi connectivity index (χ0) is 6.24. The first-order chi connectivity index (χ1) is 3.91. The van der Waals surface area contributed by atoms with Crippen molar-refractivity contribution in [3.63, 3.8) is 0 Å². The van der Waals surface area contributed by atoms with Crippen molar-refractivity contribution in [2.45, 2.75) is 0 Å². The molecule has 0 radical (unpaired) electrons. The molecule has 0 spiro atoms. The molecule has 0 aliphatic rings. The number of carbonyl (C=O) groups excluding carboxylic acids is 2. The Morgan fingerprint density at radius 1 is 0.875 bits per heavy atom. The number of amides is 2. The maximum absolute atomic E-state index is 9.44. The minimum Gasteiger partial charge on any atom is -0.279 e. The molecular weight excluding hydrogens is 112 g/mol. The van der Waals surface area contributed by atoms with E-state index >= 15 is 0 Å². The zero-order valence-corrected chi connectivity index (χ0v) is 3.97. The van der Waals surface area contributed by atoms with Gasteiger partial charge in [0.15, 0.2) is 0 Å². The molecule has 0 atom stereocenters. The topological polar surface area (TPSA) is 82.3 Å². The molecule has 0 saturated heterocycles. The van der Waals surface area contributed by atoms with Crippen molar-refractivity contribution in [1.82, 2.24) is 21.9 Å². The summed E-state index contributed by atoms with van der Waals surface area (Å²) < 4.78 is 0. The van der Waals surface area contributed by atoms with E-state index in [-0.39, 0.29) is 0 Å². The van der Waals surface area contributed by atoms with Crippen LogP contribution in [-0.2, 0) is 9.59 Å². The molecule has 0 aliphatic carbocycles. The summed E-state index contributed by atoms with van der Waals surface area (Å²) in [5, 5.41) is 0. The number of nitrogens with one attached hydrogen (secondary N) is 4. The Morgan fingerprint density at radius 3 is 1.50 bits per heavy atom. The van der Waals surface area contributed by atoms with E-state index in [2.05, 4.69) is 11.1 Å². The van der Waals surface area contributed by atoms with E-state index in [1.54, 1.807) is 0 Å². The van der Waals surface area contributed by atoms with Crippen LogP contribution in [0.25, 0.3) is 0 Å². The smallest absolute Gasteiger partial charge is 0.222 e. The maximum Gasteiger partial charge on any atom is 0.222 e. The summed E-state index contributed by atoms with van der Waals surface area (Å²) in [6, 6.07) is 0. The molecule has 8 heavy (non-hydrogen) atoms. The second-order valence-electron chi connectivity index (χ2n) is 0.774. The van der Waals surface area contributed by atoms with Crippen molar-refractivity contribution in [3.8, 4) is 0 Å². The Kier molecular flexibility index (Phi) is 5.02. The van der Waals surface area contributed by atoms with Gasteiger partial charge in [-0.15, -0.1) is 0 Å².